The van der Waals surface area contributed by atoms with E-state index in [1.807, 2.05) is 0 Å². The normalized spacial score (nSPS) is 11.4. The first-order valence-electron chi connectivity index (χ1n) is 5.22. The molecule has 1 heterocycles. The van der Waals surface area contributed by atoms with Gasteiger partial charge in [0.25, 0.3) is 0 Å². The van der Waals surface area contributed by atoms with Crippen molar-refractivity contribution in [2.45, 2.75) is 20.0 Å². The summed E-state index contributed by atoms with van der Waals surface area (Å²) in [7, 11) is 1.28. The fourth-order valence-corrected chi connectivity index (χ4v) is 1.77. The highest BCUT2D eigenvalue weighted by atomic mass is 19.4. The van der Waals surface area contributed by atoms with Crippen LogP contribution in [0.3, 0.4) is 0 Å². The summed E-state index contributed by atoms with van der Waals surface area (Å²) in [5.74, 6) is -0.207. The number of aryl methyl sites for hydroxylation is 2. The summed E-state index contributed by atoms with van der Waals surface area (Å²) in [6.07, 6.45) is -4.33. The van der Waals surface area contributed by atoms with Crippen molar-refractivity contribution in [1.29, 1.82) is 5.41 Å². The van der Waals surface area contributed by atoms with Gasteiger partial charge in [0.15, 0.2) is 0 Å². The van der Waals surface area contributed by atoms with Crippen molar-refractivity contribution in [1.82, 2.24) is 4.98 Å². The zero-order valence-corrected chi connectivity index (χ0v) is 10.4. The molecule has 4 nitrogen and oxygen atoms in total. The molecule has 0 unspecified atom stereocenters. The molecule has 100 valence electrons. The van der Waals surface area contributed by atoms with Crippen LogP contribution in [0.1, 0.15) is 16.8 Å². The van der Waals surface area contributed by atoms with Gasteiger partial charge in [0.1, 0.15) is 18.2 Å². The van der Waals surface area contributed by atoms with Gasteiger partial charge in [-0.3, -0.25) is 5.41 Å². The van der Waals surface area contributed by atoms with E-state index in [9.17, 15) is 13.2 Å². The summed E-state index contributed by atoms with van der Waals surface area (Å²) in [5, 5.41) is 7.44. The molecular formula is C11H15F3N4. The van der Waals surface area contributed by atoms with Crippen LogP contribution in [0.4, 0.5) is 19.0 Å². The number of nitrogens with zero attached hydrogens (tertiary/aromatic N) is 2. The minimum absolute atomic E-state index is 0.0809. The van der Waals surface area contributed by atoms with Crippen molar-refractivity contribution in [2.75, 3.05) is 18.5 Å². The summed E-state index contributed by atoms with van der Waals surface area (Å²) in [5.41, 5.74) is 6.87. The number of alkyl halides is 3. The van der Waals surface area contributed by atoms with Crippen LogP contribution in [0.25, 0.3) is 0 Å². The first-order chi connectivity index (χ1) is 8.11. The van der Waals surface area contributed by atoms with E-state index in [0.717, 1.165) is 4.90 Å². The average molecular weight is 260 g/mol. The highest BCUT2D eigenvalue weighted by Crippen LogP contribution is 2.24. The number of nitrogens with two attached hydrogens (primary N) is 1. The van der Waals surface area contributed by atoms with Crippen molar-refractivity contribution in [3.05, 3.63) is 22.9 Å². The van der Waals surface area contributed by atoms with Gasteiger partial charge in [-0.25, -0.2) is 4.98 Å². The fraction of sp³-hybridized carbons (Fsp3) is 0.455. The van der Waals surface area contributed by atoms with Crippen LogP contribution in [-0.2, 0) is 0 Å². The molecule has 0 aliphatic carbocycles. The molecule has 0 saturated heterocycles. The van der Waals surface area contributed by atoms with E-state index in [0.29, 0.717) is 11.3 Å². The number of anilines is 1. The van der Waals surface area contributed by atoms with Crippen molar-refractivity contribution < 1.29 is 13.2 Å². The smallest absolute Gasteiger partial charge is 0.384 e. The van der Waals surface area contributed by atoms with Gasteiger partial charge < -0.3 is 10.6 Å². The monoisotopic (exact) mass is 260 g/mol. The van der Waals surface area contributed by atoms with Gasteiger partial charge in [-0.15, -0.1) is 0 Å². The Kier molecular flexibility index (Phi) is 3.83. The predicted octanol–water partition coefficient (Wildman–Crippen LogP) is 1.98. The Morgan fingerprint density at radius 2 is 2.00 bits per heavy atom. The first kappa shape index (κ1) is 14.3. The van der Waals surface area contributed by atoms with Gasteiger partial charge in [-0.2, -0.15) is 13.2 Å². The van der Waals surface area contributed by atoms with Crippen LogP contribution in [0, 0.1) is 19.3 Å². The van der Waals surface area contributed by atoms with Gasteiger partial charge in [0, 0.05) is 12.7 Å². The minimum atomic E-state index is -4.33. The van der Waals surface area contributed by atoms with E-state index in [4.69, 9.17) is 11.1 Å². The lowest BCUT2D eigenvalue weighted by molar-refractivity contribution is -0.119. The van der Waals surface area contributed by atoms with Crippen LogP contribution in [0.2, 0.25) is 0 Å². The van der Waals surface area contributed by atoms with Gasteiger partial charge in [0.05, 0.1) is 5.56 Å². The van der Waals surface area contributed by atoms with Crippen LogP contribution in [-0.4, -0.2) is 30.6 Å². The highest BCUT2D eigenvalue weighted by molar-refractivity contribution is 6.01. The Morgan fingerprint density at radius 3 is 2.44 bits per heavy atom. The topological polar surface area (TPSA) is 66.0 Å². The predicted molar refractivity (Wildman–Crippen MR) is 64.1 cm³/mol. The molecule has 0 amide bonds. The molecule has 0 radical (unpaired) electrons. The second kappa shape index (κ2) is 4.83. The number of hydrogen-bond acceptors (Lipinski definition) is 3. The molecule has 18 heavy (non-hydrogen) atoms. The summed E-state index contributed by atoms with van der Waals surface area (Å²) in [6, 6.07) is 1.68. The quantitative estimate of drug-likeness (QED) is 0.645. The lowest BCUT2D eigenvalue weighted by Crippen LogP contribution is -2.33. The van der Waals surface area contributed by atoms with E-state index in [1.165, 1.54) is 7.05 Å². The second-order valence-corrected chi connectivity index (χ2v) is 4.16. The Labute approximate surface area is 103 Å². The third-order valence-corrected chi connectivity index (χ3v) is 2.37. The Morgan fingerprint density at radius 1 is 1.44 bits per heavy atom. The molecule has 0 fully saturated rings. The highest BCUT2D eigenvalue weighted by Gasteiger charge is 2.31. The van der Waals surface area contributed by atoms with Gasteiger partial charge >= 0.3 is 6.18 Å². The molecule has 0 aromatic carbocycles. The summed E-state index contributed by atoms with van der Waals surface area (Å²) < 4.78 is 37.1. The molecular weight excluding hydrogens is 245 g/mol. The number of nitrogen functional groups attached to an aromatic ring is 1. The van der Waals surface area contributed by atoms with Crippen LogP contribution in [0.15, 0.2) is 6.07 Å². The maximum absolute atomic E-state index is 12.4. The zero-order valence-electron chi connectivity index (χ0n) is 10.4. The molecule has 0 aliphatic heterocycles. The molecule has 3 N–H and O–H groups in total. The summed E-state index contributed by atoms with van der Waals surface area (Å²) in [4.78, 5) is 5.00. The van der Waals surface area contributed by atoms with Gasteiger partial charge in [-0.1, -0.05) is 0 Å². The lowest BCUT2D eigenvalue weighted by atomic mass is 10.1. The molecule has 1 aromatic heterocycles. The van der Waals surface area contributed by atoms with E-state index in [-0.39, 0.29) is 17.2 Å². The molecule has 0 atom stereocenters. The Hall–Kier alpha value is -1.79. The molecule has 0 bridgehead atoms. The maximum Gasteiger partial charge on any atom is 0.405 e. The zero-order chi connectivity index (χ0) is 14.1. The van der Waals surface area contributed by atoms with Crippen LogP contribution >= 0.6 is 0 Å². The summed E-state index contributed by atoms with van der Waals surface area (Å²) >= 11 is 0. The number of aromatic nitrogens is 1. The third kappa shape index (κ3) is 3.35. The van der Waals surface area contributed by atoms with E-state index in [1.54, 1.807) is 19.9 Å². The molecule has 0 aliphatic rings. The van der Waals surface area contributed by atoms with Crippen LogP contribution < -0.4 is 10.6 Å². The van der Waals surface area contributed by atoms with Crippen molar-refractivity contribution in [3.8, 4) is 0 Å². The first-order valence-corrected chi connectivity index (χ1v) is 5.22. The number of amidine groups is 1. The van der Waals surface area contributed by atoms with E-state index >= 15 is 0 Å². The lowest BCUT2D eigenvalue weighted by Gasteiger charge is -2.23. The Bertz CT molecular complexity index is 468. The van der Waals surface area contributed by atoms with Crippen molar-refractivity contribution in [3.63, 3.8) is 0 Å². The fourth-order valence-electron chi connectivity index (χ4n) is 1.77. The average Bonchev–Trinajstić information content (AvgIpc) is 2.12. The SMILES string of the molecule is Cc1cc(C)c(C(=N)N)c(N(C)CC(F)(F)F)n1. The van der Waals surface area contributed by atoms with Gasteiger partial charge in [0.2, 0.25) is 0 Å². The summed E-state index contributed by atoms with van der Waals surface area (Å²) in [6.45, 7) is 2.24. The minimum Gasteiger partial charge on any atom is -0.384 e. The van der Waals surface area contributed by atoms with Gasteiger partial charge in [-0.05, 0) is 25.5 Å². The largest absolute Gasteiger partial charge is 0.405 e. The standard InChI is InChI=1S/C11H15F3N4/c1-6-4-7(2)17-10(8(6)9(15)16)18(3)5-11(12,13)14/h4H,5H2,1-3H3,(H3,15,16). The second-order valence-electron chi connectivity index (χ2n) is 4.16. The maximum atomic E-state index is 12.4. The number of hydrogen-bond donors (Lipinski definition) is 2. The number of rotatable bonds is 3. The van der Waals surface area contributed by atoms with E-state index < -0.39 is 12.7 Å². The number of nitrogens with one attached hydrogen (secondary N) is 1. The molecule has 0 saturated carbocycles. The van der Waals surface area contributed by atoms with Crippen LogP contribution in [0.5, 0.6) is 0 Å². The van der Waals surface area contributed by atoms with E-state index in [2.05, 4.69) is 4.98 Å². The number of pyridine rings is 1. The Balaban J connectivity index is 3.26. The molecule has 1 rings (SSSR count). The molecule has 0 spiro atoms. The number of halogens is 3. The van der Waals surface area contributed by atoms with Crippen molar-refractivity contribution in [2.24, 2.45) is 5.73 Å². The third-order valence-electron chi connectivity index (χ3n) is 2.37. The molecule has 1 aromatic rings. The molecule has 7 heteroatoms. The van der Waals surface area contributed by atoms with Crippen molar-refractivity contribution >= 4 is 11.7 Å².